The van der Waals surface area contributed by atoms with Crippen molar-refractivity contribution in [1.29, 1.82) is 0 Å². The van der Waals surface area contributed by atoms with Crippen molar-refractivity contribution >= 4 is 6.03 Å². The largest absolute Gasteiger partial charge is 0.500 e. The van der Waals surface area contributed by atoms with E-state index in [1.807, 2.05) is 32.9 Å². The average molecular weight is 349 g/mol. The van der Waals surface area contributed by atoms with Crippen LogP contribution in [0.2, 0.25) is 0 Å². The molecular weight excluding hydrogens is 318 g/mol. The average Bonchev–Trinajstić information content (AvgIpc) is 3.07. The van der Waals surface area contributed by atoms with Crippen molar-refractivity contribution < 1.29 is 14.7 Å². The molecule has 0 bridgehead atoms. The van der Waals surface area contributed by atoms with Gasteiger partial charge < -0.3 is 10.5 Å². The van der Waals surface area contributed by atoms with E-state index >= 15 is 0 Å². The lowest BCUT2D eigenvalue weighted by molar-refractivity contribution is -0.0373. The van der Waals surface area contributed by atoms with Gasteiger partial charge in [-0.25, -0.2) is 9.86 Å². The number of urea groups is 1. The highest BCUT2D eigenvalue weighted by molar-refractivity contribution is 5.70. The third-order valence-corrected chi connectivity index (χ3v) is 3.37. The van der Waals surface area contributed by atoms with Gasteiger partial charge in [0.25, 0.3) is 0 Å². The van der Waals surface area contributed by atoms with Gasteiger partial charge in [-0.1, -0.05) is 50.0 Å². The van der Waals surface area contributed by atoms with E-state index in [-0.39, 0.29) is 18.6 Å². The summed E-state index contributed by atoms with van der Waals surface area (Å²) in [5, 5.41) is 12.9. The van der Waals surface area contributed by atoms with Gasteiger partial charge in [-0.05, 0) is 25.8 Å². The second kappa shape index (κ2) is 14.1. The molecule has 2 amide bonds. The molecule has 6 heteroatoms. The first kappa shape index (κ1) is 22.8. The molecule has 0 aromatic heterocycles. The number of amides is 2. The molecule has 1 heterocycles. The Balaban J connectivity index is 0.00000277. The van der Waals surface area contributed by atoms with Crippen LogP contribution >= 0.6 is 0 Å². The van der Waals surface area contributed by atoms with Gasteiger partial charge >= 0.3 is 6.03 Å². The van der Waals surface area contributed by atoms with Gasteiger partial charge in [0, 0.05) is 12.5 Å². The third-order valence-electron chi connectivity index (χ3n) is 3.37. The molecule has 2 atom stereocenters. The predicted octanol–water partition coefficient (Wildman–Crippen LogP) is 2.96. The van der Waals surface area contributed by atoms with Gasteiger partial charge in [-0.15, -0.1) is 0 Å². The summed E-state index contributed by atoms with van der Waals surface area (Å²) in [7, 11) is 0. The fourth-order valence-corrected chi connectivity index (χ4v) is 2.02. The SMILES string of the molecule is C=C/C(C)=C\C=C\OCC1CCC(C#CCCN(O)C(N)=O)N1.CC. The van der Waals surface area contributed by atoms with Crippen molar-refractivity contribution in [2.45, 2.75) is 52.1 Å². The summed E-state index contributed by atoms with van der Waals surface area (Å²) in [5.74, 6) is 6.02. The number of hydrogen-bond donors (Lipinski definition) is 3. The highest BCUT2D eigenvalue weighted by Gasteiger charge is 2.21. The summed E-state index contributed by atoms with van der Waals surface area (Å²) in [6.07, 6.45) is 9.58. The van der Waals surface area contributed by atoms with Gasteiger partial charge in [-0.3, -0.25) is 10.5 Å². The van der Waals surface area contributed by atoms with Crippen LogP contribution in [-0.4, -0.2) is 41.5 Å². The zero-order valence-corrected chi connectivity index (χ0v) is 15.5. The molecule has 1 fully saturated rings. The summed E-state index contributed by atoms with van der Waals surface area (Å²) in [4.78, 5) is 10.6. The van der Waals surface area contributed by atoms with Crippen LogP contribution in [0.4, 0.5) is 4.79 Å². The minimum absolute atomic E-state index is 0.115. The molecule has 4 N–H and O–H groups in total. The van der Waals surface area contributed by atoms with Crippen molar-refractivity contribution in [2.24, 2.45) is 5.73 Å². The van der Waals surface area contributed by atoms with Crippen LogP contribution in [0.5, 0.6) is 0 Å². The van der Waals surface area contributed by atoms with Crippen molar-refractivity contribution in [1.82, 2.24) is 10.4 Å². The Kier molecular flexibility index (Phi) is 12.9. The van der Waals surface area contributed by atoms with E-state index in [1.54, 1.807) is 12.3 Å². The summed E-state index contributed by atoms with van der Waals surface area (Å²) >= 11 is 0. The lowest BCUT2D eigenvalue weighted by Crippen LogP contribution is -2.33. The minimum Gasteiger partial charge on any atom is -0.500 e. The standard InChI is InChI=1S/C17H25N3O3.C2H6/c1-3-14(2)7-6-12-23-13-16-10-9-15(19-16)8-4-5-11-20(22)17(18)21;1-2/h3,6-7,12,15-16,19,22H,1,5,9-11,13H2,2H3,(H2,18,21);1-2H3/b12-6+,14-7-;. The van der Waals surface area contributed by atoms with Crippen LogP contribution in [0, 0.1) is 11.8 Å². The second-order valence-corrected chi connectivity index (χ2v) is 5.30. The molecule has 0 aromatic rings. The summed E-state index contributed by atoms with van der Waals surface area (Å²) in [5.41, 5.74) is 5.98. The molecule has 2 unspecified atom stereocenters. The number of rotatable bonds is 7. The van der Waals surface area contributed by atoms with Crippen LogP contribution in [0.1, 0.15) is 40.0 Å². The number of carbonyl (C=O) groups excluding carboxylic acids is 1. The second-order valence-electron chi connectivity index (χ2n) is 5.30. The van der Waals surface area contributed by atoms with Crippen molar-refractivity contribution in [3.63, 3.8) is 0 Å². The molecule has 0 saturated carbocycles. The number of hydroxylamine groups is 2. The Morgan fingerprint density at radius 2 is 2.20 bits per heavy atom. The van der Waals surface area contributed by atoms with E-state index < -0.39 is 6.03 Å². The van der Waals surface area contributed by atoms with E-state index in [9.17, 15) is 4.79 Å². The van der Waals surface area contributed by atoms with Gasteiger partial charge in [0.05, 0.1) is 18.8 Å². The number of nitrogens with two attached hydrogens (primary N) is 1. The van der Waals surface area contributed by atoms with E-state index in [0.29, 0.717) is 18.1 Å². The lowest BCUT2D eigenvalue weighted by atomic mass is 10.2. The van der Waals surface area contributed by atoms with Crippen molar-refractivity contribution in [3.05, 3.63) is 36.6 Å². The van der Waals surface area contributed by atoms with Gasteiger partial charge in [-0.2, -0.15) is 0 Å². The van der Waals surface area contributed by atoms with E-state index in [2.05, 4.69) is 23.7 Å². The molecule has 0 aliphatic carbocycles. The quantitative estimate of drug-likeness (QED) is 0.217. The van der Waals surface area contributed by atoms with Gasteiger partial charge in [0.1, 0.15) is 6.61 Å². The first-order valence-electron chi connectivity index (χ1n) is 8.60. The number of carbonyl (C=O) groups is 1. The number of nitrogens with one attached hydrogen (secondary N) is 1. The monoisotopic (exact) mass is 349 g/mol. The molecule has 1 aliphatic rings. The maximum atomic E-state index is 10.6. The summed E-state index contributed by atoms with van der Waals surface area (Å²) in [6.45, 7) is 10.4. The fourth-order valence-electron chi connectivity index (χ4n) is 2.02. The number of primary amides is 1. The molecule has 1 saturated heterocycles. The molecule has 1 rings (SSSR count). The Hall–Kier alpha value is -2.23. The van der Waals surface area contributed by atoms with Gasteiger partial charge in [0.15, 0.2) is 0 Å². The van der Waals surface area contributed by atoms with Crippen molar-refractivity contribution in [3.8, 4) is 11.8 Å². The zero-order chi connectivity index (χ0) is 19.1. The van der Waals surface area contributed by atoms with Gasteiger partial charge in [0.2, 0.25) is 0 Å². The molecule has 0 radical (unpaired) electrons. The van der Waals surface area contributed by atoms with E-state index in [0.717, 1.165) is 18.4 Å². The Morgan fingerprint density at radius 3 is 2.84 bits per heavy atom. The molecule has 0 aromatic carbocycles. The first-order chi connectivity index (χ1) is 12.0. The van der Waals surface area contributed by atoms with Crippen molar-refractivity contribution in [2.75, 3.05) is 13.2 Å². The maximum absolute atomic E-state index is 10.6. The van der Waals surface area contributed by atoms with E-state index in [4.69, 9.17) is 15.7 Å². The summed E-state index contributed by atoms with van der Waals surface area (Å²) < 4.78 is 5.48. The van der Waals surface area contributed by atoms with Crippen LogP contribution in [-0.2, 0) is 4.74 Å². The number of hydrogen-bond acceptors (Lipinski definition) is 4. The van der Waals surface area contributed by atoms with Crippen LogP contribution < -0.4 is 11.1 Å². The minimum atomic E-state index is -0.866. The maximum Gasteiger partial charge on any atom is 0.338 e. The van der Waals surface area contributed by atoms with E-state index in [1.165, 1.54) is 0 Å². The number of ether oxygens (including phenoxy) is 1. The Labute approximate surface area is 151 Å². The normalized spacial score (nSPS) is 19.4. The molecule has 140 valence electrons. The van der Waals surface area contributed by atoms with Crippen LogP contribution in [0.3, 0.4) is 0 Å². The molecule has 0 spiro atoms. The Morgan fingerprint density at radius 1 is 1.48 bits per heavy atom. The lowest BCUT2D eigenvalue weighted by Gasteiger charge is -2.10. The Bertz CT molecular complexity index is 518. The van der Waals surface area contributed by atoms with Crippen LogP contribution in [0.15, 0.2) is 36.6 Å². The molecule has 25 heavy (non-hydrogen) atoms. The zero-order valence-electron chi connectivity index (χ0n) is 15.5. The molecular formula is C19H31N3O3. The van der Waals surface area contributed by atoms with Crippen LogP contribution in [0.25, 0.3) is 0 Å². The molecule has 1 aliphatic heterocycles. The highest BCUT2D eigenvalue weighted by Crippen LogP contribution is 2.12. The highest BCUT2D eigenvalue weighted by atomic mass is 16.5. The topological polar surface area (TPSA) is 87.8 Å². The summed E-state index contributed by atoms with van der Waals surface area (Å²) in [6, 6.07) is -0.464. The molecule has 6 nitrogen and oxygen atoms in total. The smallest absolute Gasteiger partial charge is 0.338 e. The first-order valence-corrected chi connectivity index (χ1v) is 8.60. The number of nitrogens with zero attached hydrogens (tertiary/aromatic N) is 1. The fraction of sp³-hybridized carbons (Fsp3) is 0.526. The predicted molar refractivity (Wildman–Crippen MR) is 101 cm³/mol. The number of allylic oxidation sites excluding steroid dienone is 4. The third kappa shape index (κ3) is 11.0.